The second-order valence-electron chi connectivity index (χ2n) is 4.41. The Labute approximate surface area is 125 Å². The van der Waals surface area contributed by atoms with Crippen molar-refractivity contribution in [2.75, 3.05) is 0 Å². The van der Waals surface area contributed by atoms with Gasteiger partial charge in [0.15, 0.2) is 0 Å². The number of hydrogen-bond donors (Lipinski definition) is 2. The zero-order valence-corrected chi connectivity index (χ0v) is 13.2. The first-order valence-corrected chi connectivity index (χ1v) is 7.92. The SMILES string of the molecule is CC(C)C(NS(=O)(=O)c1cccc(Br)c1C#N)C(=O)O. The van der Waals surface area contributed by atoms with Crippen LogP contribution in [0, 0.1) is 17.2 Å². The Bertz CT molecular complexity index is 665. The highest BCUT2D eigenvalue weighted by Gasteiger charge is 2.29. The number of nitrogens with zero attached hydrogens (tertiary/aromatic N) is 1. The van der Waals surface area contributed by atoms with Crippen molar-refractivity contribution in [1.29, 1.82) is 5.26 Å². The lowest BCUT2D eigenvalue weighted by molar-refractivity contribution is -0.140. The van der Waals surface area contributed by atoms with Crippen LogP contribution in [0.1, 0.15) is 19.4 Å². The van der Waals surface area contributed by atoms with E-state index >= 15 is 0 Å². The Hall–Kier alpha value is -1.43. The molecule has 0 aromatic heterocycles. The van der Waals surface area contributed by atoms with Crippen molar-refractivity contribution in [3.63, 3.8) is 0 Å². The van der Waals surface area contributed by atoms with Crippen molar-refractivity contribution in [2.45, 2.75) is 24.8 Å². The summed E-state index contributed by atoms with van der Waals surface area (Å²) in [7, 11) is -4.10. The average molecular weight is 361 g/mol. The van der Waals surface area contributed by atoms with Crippen molar-refractivity contribution in [1.82, 2.24) is 4.72 Å². The fourth-order valence-corrected chi connectivity index (χ4v) is 3.64. The number of aliphatic carboxylic acids is 1. The van der Waals surface area contributed by atoms with E-state index in [1.807, 2.05) is 0 Å². The van der Waals surface area contributed by atoms with E-state index in [-0.39, 0.29) is 10.5 Å². The first kappa shape index (κ1) is 16.6. The average Bonchev–Trinajstić information content (AvgIpc) is 2.35. The first-order valence-electron chi connectivity index (χ1n) is 5.64. The van der Waals surface area contributed by atoms with Crippen LogP contribution in [-0.2, 0) is 14.8 Å². The van der Waals surface area contributed by atoms with Crippen LogP contribution < -0.4 is 4.72 Å². The van der Waals surface area contributed by atoms with Gasteiger partial charge in [-0.15, -0.1) is 0 Å². The molecular formula is C12H13BrN2O4S. The second kappa shape index (κ2) is 6.35. The van der Waals surface area contributed by atoms with Gasteiger partial charge in [0.25, 0.3) is 0 Å². The van der Waals surface area contributed by atoms with Gasteiger partial charge in [0, 0.05) is 4.47 Å². The van der Waals surface area contributed by atoms with Gasteiger partial charge in [0.1, 0.15) is 17.0 Å². The standard InChI is InChI=1S/C12H13BrN2O4S/c1-7(2)11(12(16)17)15-20(18,19)10-5-3-4-9(13)8(10)6-14/h3-5,7,11,15H,1-2H3,(H,16,17). The fraction of sp³-hybridized carbons (Fsp3) is 0.333. The Kier molecular flexibility index (Phi) is 5.28. The summed E-state index contributed by atoms with van der Waals surface area (Å²) in [5.74, 6) is -1.70. The molecule has 1 unspecified atom stereocenters. The van der Waals surface area contributed by atoms with E-state index in [9.17, 15) is 13.2 Å². The molecule has 108 valence electrons. The number of rotatable bonds is 5. The van der Waals surface area contributed by atoms with Gasteiger partial charge in [-0.2, -0.15) is 9.98 Å². The highest BCUT2D eigenvalue weighted by atomic mass is 79.9. The summed E-state index contributed by atoms with van der Waals surface area (Å²) in [6.07, 6.45) is 0. The molecule has 1 atom stereocenters. The van der Waals surface area contributed by atoms with E-state index < -0.39 is 28.0 Å². The van der Waals surface area contributed by atoms with Crippen molar-refractivity contribution in [3.05, 3.63) is 28.2 Å². The molecule has 1 aromatic carbocycles. The molecule has 0 saturated carbocycles. The lowest BCUT2D eigenvalue weighted by Crippen LogP contribution is -2.44. The summed E-state index contributed by atoms with van der Waals surface area (Å²) in [6, 6.07) is 4.78. The lowest BCUT2D eigenvalue weighted by Gasteiger charge is -2.18. The van der Waals surface area contributed by atoms with E-state index in [4.69, 9.17) is 10.4 Å². The quantitative estimate of drug-likeness (QED) is 0.830. The number of sulfonamides is 1. The van der Waals surface area contributed by atoms with Crippen LogP contribution in [-0.4, -0.2) is 25.5 Å². The Morgan fingerprint density at radius 3 is 2.50 bits per heavy atom. The maximum absolute atomic E-state index is 12.2. The Morgan fingerprint density at radius 2 is 2.05 bits per heavy atom. The second-order valence-corrected chi connectivity index (χ2v) is 6.94. The van der Waals surface area contributed by atoms with E-state index in [1.54, 1.807) is 19.9 Å². The summed E-state index contributed by atoms with van der Waals surface area (Å²) in [5, 5.41) is 18.1. The third-order valence-corrected chi connectivity index (χ3v) is 4.74. The van der Waals surface area contributed by atoms with Gasteiger partial charge in [-0.25, -0.2) is 8.42 Å². The smallest absolute Gasteiger partial charge is 0.322 e. The molecule has 0 aliphatic carbocycles. The van der Waals surface area contributed by atoms with Crippen LogP contribution in [0.15, 0.2) is 27.6 Å². The topological polar surface area (TPSA) is 107 Å². The van der Waals surface area contributed by atoms with Gasteiger partial charge in [-0.3, -0.25) is 4.79 Å². The van der Waals surface area contributed by atoms with E-state index in [2.05, 4.69) is 20.7 Å². The van der Waals surface area contributed by atoms with Crippen molar-refractivity contribution in [3.8, 4) is 6.07 Å². The molecule has 2 N–H and O–H groups in total. The van der Waals surface area contributed by atoms with Gasteiger partial charge in [0.2, 0.25) is 10.0 Å². The third kappa shape index (κ3) is 3.56. The summed E-state index contributed by atoms with van der Waals surface area (Å²) in [4.78, 5) is 10.8. The van der Waals surface area contributed by atoms with Crippen LogP contribution in [0.25, 0.3) is 0 Å². The predicted octanol–water partition coefficient (Wildman–Crippen LogP) is 1.71. The van der Waals surface area contributed by atoms with Crippen molar-refractivity contribution < 1.29 is 18.3 Å². The Balaban J connectivity index is 3.29. The molecule has 20 heavy (non-hydrogen) atoms. The maximum atomic E-state index is 12.2. The molecule has 0 aliphatic rings. The number of carboxylic acids is 1. The molecule has 6 nitrogen and oxygen atoms in total. The Morgan fingerprint density at radius 1 is 1.45 bits per heavy atom. The first-order chi connectivity index (χ1) is 9.20. The number of halogens is 1. The van der Waals surface area contributed by atoms with E-state index in [0.717, 1.165) is 0 Å². The van der Waals surface area contributed by atoms with E-state index in [0.29, 0.717) is 4.47 Å². The molecular weight excluding hydrogens is 348 g/mol. The normalized spacial score (nSPS) is 12.9. The number of hydrogen-bond acceptors (Lipinski definition) is 4. The molecule has 1 rings (SSSR count). The molecule has 0 heterocycles. The minimum atomic E-state index is -4.10. The molecule has 0 fully saturated rings. The van der Waals surface area contributed by atoms with Crippen LogP contribution in [0.5, 0.6) is 0 Å². The summed E-state index contributed by atoms with van der Waals surface area (Å²) < 4.78 is 26.9. The predicted molar refractivity (Wildman–Crippen MR) is 75.4 cm³/mol. The fourth-order valence-electron chi connectivity index (χ4n) is 1.54. The van der Waals surface area contributed by atoms with Crippen LogP contribution >= 0.6 is 15.9 Å². The molecule has 0 aliphatic heterocycles. The molecule has 0 spiro atoms. The summed E-state index contributed by atoms with van der Waals surface area (Å²) >= 11 is 3.09. The number of benzene rings is 1. The maximum Gasteiger partial charge on any atom is 0.322 e. The number of nitrogens with one attached hydrogen (secondary N) is 1. The molecule has 1 aromatic rings. The van der Waals surface area contributed by atoms with Gasteiger partial charge in [-0.1, -0.05) is 19.9 Å². The third-order valence-electron chi connectivity index (χ3n) is 2.59. The minimum absolute atomic E-state index is 0.0621. The minimum Gasteiger partial charge on any atom is -0.480 e. The van der Waals surface area contributed by atoms with Crippen LogP contribution in [0.3, 0.4) is 0 Å². The monoisotopic (exact) mass is 360 g/mol. The summed E-state index contributed by atoms with van der Waals surface area (Å²) in [5.41, 5.74) is -0.0621. The highest BCUT2D eigenvalue weighted by molar-refractivity contribution is 9.10. The molecule has 0 saturated heterocycles. The van der Waals surface area contributed by atoms with Gasteiger partial charge in [0.05, 0.1) is 5.56 Å². The lowest BCUT2D eigenvalue weighted by atomic mass is 10.1. The molecule has 8 heteroatoms. The molecule has 0 bridgehead atoms. The molecule has 0 radical (unpaired) electrons. The highest BCUT2D eigenvalue weighted by Crippen LogP contribution is 2.24. The van der Waals surface area contributed by atoms with E-state index in [1.165, 1.54) is 18.2 Å². The van der Waals surface area contributed by atoms with Crippen molar-refractivity contribution in [2.24, 2.45) is 5.92 Å². The number of carbonyl (C=O) groups is 1. The zero-order chi connectivity index (χ0) is 15.5. The largest absolute Gasteiger partial charge is 0.480 e. The van der Waals surface area contributed by atoms with Crippen LogP contribution in [0.4, 0.5) is 0 Å². The van der Waals surface area contributed by atoms with Crippen molar-refractivity contribution >= 4 is 31.9 Å². The number of nitriles is 1. The molecule has 0 amide bonds. The van der Waals surface area contributed by atoms with Gasteiger partial charge >= 0.3 is 5.97 Å². The summed E-state index contributed by atoms with van der Waals surface area (Å²) in [6.45, 7) is 3.18. The van der Waals surface area contributed by atoms with Crippen LogP contribution in [0.2, 0.25) is 0 Å². The number of carboxylic acid groups (broad SMARTS) is 1. The zero-order valence-electron chi connectivity index (χ0n) is 10.8. The van der Waals surface area contributed by atoms with Gasteiger partial charge < -0.3 is 5.11 Å². The van der Waals surface area contributed by atoms with Gasteiger partial charge in [-0.05, 0) is 34.0 Å².